The average Bonchev–Trinajstić information content (AvgIpc) is 2.98. The van der Waals surface area contributed by atoms with Gasteiger partial charge in [0.2, 0.25) is 5.88 Å². The van der Waals surface area contributed by atoms with E-state index in [0.717, 1.165) is 18.2 Å². The lowest BCUT2D eigenvalue weighted by molar-refractivity contribution is -0.120. The van der Waals surface area contributed by atoms with Crippen molar-refractivity contribution >= 4 is 17.8 Å². The molecule has 0 amide bonds. The van der Waals surface area contributed by atoms with Crippen LogP contribution in [0.25, 0.3) is 5.65 Å². The van der Waals surface area contributed by atoms with Gasteiger partial charge in [0.25, 0.3) is 6.47 Å². The molecule has 0 radical (unpaired) electrons. The predicted octanol–water partition coefficient (Wildman–Crippen LogP) is 2.76. The van der Waals surface area contributed by atoms with Crippen LogP contribution in [0, 0.1) is 11.6 Å². The van der Waals surface area contributed by atoms with Gasteiger partial charge >= 0.3 is 0 Å². The highest BCUT2D eigenvalue weighted by Gasteiger charge is 2.11. The number of carbonyl (C=O) groups is 1. The molecule has 5 nitrogen and oxygen atoms in total. The number of benzene rings is 1. The lowest BCUT2D eigenvalue weighted by Crippen LogP contribution is -2.06. The van der Waals surface area contributed by atoms with Crippen LogP contribution in [0.15, 0.2) is 42.7 Å². The highest BCUT2D eigenvalue weighted by atomic mass is 19.1. The lowest BCUT2D eigenvalue weighted by Gasteiger charge is -2.12. The monoisotopic (exact) mass is 303 g/mol. The predicted molar refractivity (Wildman–Crippen MR) is 75.6 cm³/mol. The first-order valence-electron chi connectivity index (χ1n) is 6.43. The Balaban J connectivity index is 1.91. The van der Waals surface area contributed by atoms with Gasteiger partial charge in [-0.05, 0) is 30.3 Å². The van der Waals surface area contributed by atoms with E-state index in [9.17, 15) is 13.6 Å². The van der Waals surface area contributed by atoms with Crippen LogP contribution >= 0.6 is 0 Å². The number of fused-ring (bicyclic) bond motifs is 1. The molecule has 0 saturated heterocycles. The average molecular weight is 303 g/mol. The van der Waals surface area contributed by atoms with Gasteiger partial charge < -0.3 is 10.1 Å². The highest BCUT2D eigenvalue weighted by molar-refractivity contribution is 5.63. The Bertz CT molecular complexity index is 833. The van der Waals surface area contributed by atoms with Crippen LogP contribution in [-0.4, -0.2) is 15.9 Å². The molecule has 2 aromatic heterocycles. The zero-order chi connectivity index (χ0) is 15.5. The van der Waals surface area contributed by atoms with Gasteiger partial charge in [-0.15, -0.1) is 0 Å². The molecule has 1 N–H and O–H groups in total. The second-order valence-electron chi connectivity index (χ2n) is 4.51. The number of nitrogens with zero attached hydrogens (tertiary/aromatic N) is 2. The van der Waals surface area contributed by atoms with E-state index in [4.69, 9.17) is 4.74 Å². The largest absolute Gasteiger partial charge is 0.409 e. The SMILES string of the molecule is O=COc1c(NCc2cc(F)ccc2F)ccc2nccn12. The van der Waals surface area contributed by atoms with Crippen molar-refractivity contribution in [3.8, 4) is 5.88 Å². The summed E-state index contributed by atoms with van der Waals surface area (Å²) in [5.74, 6) is -0.815. The van der Waals surface area contributed by atoms with Crippen molar-refractivity contribution in [2.45, 2.75) is 6.54 Å². The van der Waals surface area contributed by atoms with Crippen molar-refractivity contribution < 1.29 is 18.3 Å². The molecule has 0 bridgehead atoms. The number of hydrogen-bond donors (Lipinski definition) is 1. The maximum Gasteiger partial charge on any atom is 0.299 e. The lowest BCUT2D eigenvalue weighted by atomic mass is 10.2. The van der Waals surface area contributed by atoms with E-state index in [1.165, 1.54) is 0 Å². The molecule has 3 rings (SSSR count). The number of ether oxygens (including phenoxy) is 1. The number of rotatable bonds is 5. The third-order valence-electron chi connectivity index (χ3n) is 3.15. The molecule has 0 fully saturated rings. The summed E-state index contributed by atoms with van der Waals surface area (Å²) in [4.78, 5) is 14.7. The van der Waals surface area contributed by atoms with E-state index in [2.05, 4.69) is 10.3 Å². The Morgan fingerprint density at radius 1 is 1.27 bits per heavy atom. The molecular formula is C15H11F2N3O2. The Hall–Kier alpha value is -2.96. The number of anilines is 1. The van der Waals surface area contributed by atoms with Crippen molar-refractivity contribution in [1.82, 2.24) is 9.38 Å². The summed E-state index contributed by atoms with van der Waals surface area (Å²) in [5, 5.41) is 2.93. The third-order valence-corrected chi connectivity index (χ3v) is 3.15. The fraction of sp³-hybridized carbons (Fsp3) is 0.0667. The molecule has 0 aliphatic rings. The van der Waals surface area contributed by atoms with Crippen LogP contribution < -0.4 is 10.1 Å². The molecule has 22 heavy (non-hydrogen) atoms. The minimum absolute atomic E-state index is 0.0407. The zero-order valence-corrected chi connectivity index (χ0v) is 11.3. The summed E-state index contributed by atoms with van der Waals surface area (Å²) < 4.78 is 33.3. The summed E-state index contributed by atoms with van der Waals surface area (Å²) in [7, 11) is 0. The molecule has 0 atom stereocenters. The van der Waals surface area contributed by atoms with Crippen LogP contribution in [-0.2, 0) is 11.3 Å². The number of nitrogens with one attached hydrogen (secondary N) is 1. The van der Waals surface area contributed by atoms with Crippen molar-refractivity contribution in [2.75, 3.05) is 5.32 Å². The summed E-state index contributed by atoms with van der Waals surface area (Å²) in [5.41, 5.74) is 1.23. The first-order valence-corrected chi connectivity index (χ1v) is 6.43. The van der Waals surface area contributed by atoms with E-state index >= 15 is 0 Å². The first-order chi connectivity index (χ1) is 10.7. The molecule has 1 aromatic carbocycles. The van der Waals surface area contributed by atoms with Crippen molar-refractivity contribution in [3.63, 3.8) is 0 Å². The quantitative estimate of drug-likeness (QED) is 0.736. The minimum Gasteiger partial charge on any atom is -0.409 e. The Morgan fingerprint density at radius 3 is 2.95 bits per heavy atom. The summed E-state index contributed by atoms with van der Waals surface area (Å²) in [6.45, 7) is 0.335. The summed E-state index contributed by atoms with van der Waals surface area (Å²) >= 11 is 0. The molecule has 3 aromatic rings. The van der Waals surface area contributed by atoms with Crippen LogP contribution in [0.1, 0.15) is 5.56 Å². The van der Waals surface area contributed by atoms with Gasteiger partial charge in [0, 0.05) is 24.5 Å². The van der Waals surface area contributed by atoms with Gasteiger partial charge in [-0.1, -0.05) is 0 Å². The van der Waals surface area contributed by atoms with Gasteiger partial charge in [0.05, 0.1) is 5.69 Å². The summed E-state index contributed by atoms with van der Waals surface area (Å²) in [6, 6.07) is 6.59. The second-order valence-corrected chi connectivity index (χ2v) is 4.51. The number of halogens is 2. The summed E-state index contributed by atoms with van der Waals surface area (Å²) in [6.07, 6.45) is 3.19. The Morgan fingerprint density at radius 2 is 2.14 bits per heavy atom. The minimum atomic E-state index is -0.521. The van der Waals surface area contributed by atoms with Crippen molar-refractivity contribution in [1.29, 1.82) is 0 Å². The smallest absolute Gasteiger partial charge is 0.299 e. The van der Waals surface area contributed by atoms with Crippen LogP contribution in [0.4, 0.5) is 14.5 Å². The topological polar surface area (TPSA) is 55.6 Å². The molecule has 0 aliphatic carbocycles. The maximum absolute atomic E-state index is 13.6. The van der Waals surface area contributed by atoms with Crippen molar-refractivity contribution in [2.24, 2.45) is 0 Å². The van der Waals surface area contributed by atoms with Gasteiger partial charge in [0.15, 0.2) is 0 Å². The maximum atomic E-state index is 13.6. The molecule has 7 heteroatoms. The fourth-order valence-electron chi connectivity index (χ4n) is 2.14. The van der Waals surface area contributed by atoms with Gasteiger partial charge in [-0.25, -0.2) is 13.8 Å². The molecule has 0 saturated carbocycles. The molecule has 2 heterocycles. The van der Waals surface area contributed by atoms with E-state index in [0.29, 0.717) is 17.8 Å². The molecule has 0 unspecified atom stereocenters. The second kappa shape index (κ2) is 5.80. The number of imidazole rings is 1. The van der Waals surface area contributed by atoms with E-state index in [1.807, 2.05) is 0 Å². The Kier molecular flexibility index (Phi) is 3.69. The number of hydrogen-bond acceptors (Lipinski definition) is 4. The van der Waals surface area contributed by atoms with Gasteiger partial charge in [-0.3, -0.25) is 9.20 Å². The number of pyridine rings is 1. The molecular weight excluding hydrogens is 292 g/mol. The standard InChI is InChI=1S/C15H11F2N3O2/c16-11-1-2-12(17)10(7-11)8-19-13-3-4-14-18-5-6-20(14)15(13)22-9-21/h1-7,9,19H,8H2. The highest BCUT2D eigenvalue weighted by Crippen LogP contribution is 2.26. The Labute approximate surface area is 124 Å². The van der Waals surface area contributed by atoms with Crippen LogP contribution in [0.3, 0.4) is 0 Å². The van der Waals surface area contributed by atoms with E-state index < -0.39 is 11.6 Å². The van der Waals surface area contributed by atoms with Gasteiger partial charge in [0.1, 0.15) is 17.3 Å². The molecule has 0 aliphatic heterocycles. The van der Waals surface area contributed by atoms with Crippen molar-refractivity contribution in [3.05, 3.63) is 59.9 Å². The third kappa shape index (κ3) is 2.60. The molecule has 0 spiro atoms. The van der Waals surface area contributed by atoms with Crippen LogP contribution in [0.2, 0.25) is 0 Å². The van der Waals surface area contributed by atoms with Gasteiger partial charge in [-0.2, -0.15) is 0 Å². The fourth-order valence-corrected chi connectivity index (χ4v) is 2.14. The first kappa shape index (κ1) is 14.0. The normalized spacial score (nSPS) is 10.6. The number of aromatic nitrogens is 2. The van der Waals surface area contributed by atoms with Crippen LogP contribution in [0.5, 0.6) is 5.88 Å². The van der Waals surface area contributed by atoms with E-state index in [1.54, 1.807) is 28.9 Å². The zero-order valence-electron chi connectivity index (χ0n) is 11.3. The van der Waals surface area contributed by atoms with E-state index in [-0.39, 0.29) is 18.0 Å². The number of carbonyl (C=O) groups excluding carboxylic acids is 1. The molecule has 112 valence electrons.